The highest BCUT2D eigenvalue weighted by atomic mass is 127. The van der Waals surface area contributed by atoms with E-state index in [1.807, 2.05) is 40.1 Å². The van der Waals surface area contributed by atoms with Crippen molar-refractivity contribution in [3.05, 3.63) is 74.3 Å². The van der Waals surface area contributed by atoms with Crippen LogP contribution in [0.2, 0.25) is 0 Å². The van der Waals surface area contributed by atoms with Crippen LogP contribution in [-0.2, 0) is 44.6 Å². The number of thiophene rings is 4. The van der Waals surface area contributed by atoms with Gasteiger partial charge in [-0.15, -0.1) is 45.3 Å². The van der Waals surface area contributed by atoms with Gasteiger partial charge in [0.05, 0.1) is 65.8 Å². The number of hydrogen-bond donors (Lipinski definition) is 5. The van der Waals surface area contributed by atoms with Crippen molar-refractivity contribution in [1.82, 2.24) is 5.32 Å². The zero-order valence-electron chi connectivity index (χ0n) is 34.6. The lowest BCUT2D eigenvalue weighted by Gasteiger charge is -2.27. The first-order valence-electron chi connectivity index (χ1n) is 21.3. The predicted octanol–water partition coefficient (Wildman–Crippen LogP) is 7.65. The fourth-order valence-corrected chi connectivity index (χ4v) is 13.2. The lowest BCUT2D eigenvalue weighted by Crippen LogP contribution is -2.28. The highest BCUT2D eigenvalue weighted by Gasteiger charge is 2.26. The van der Waals surface area contributed by atoms with E-state index >= 15 is 0 Å². The van der Waals surface area contributed by atoms with E-state index in [9.17, 15) is 0 Å². The first-order valence-corrected chi connectivity index (χ1v) is 25.7. The molecule has 0 aliphatic carbocycles. The van der Waals surface area contributed by atoms with Gasteiger partial charge in [-0.1, -0.05) is 6.42 Å². The molecule has 0 saturated carbocycles. The average Bonchev–Trinajstić information content (AvgIpc) is 4.13. The van der Waals surface area contributed by atoms with Crippen molar-refractivity contribution in [3.8, 4) is 5.06 Å². The van der Waals surface area contributed by atoms with Crippen molar-refractivity contribution < 1.29 is 23.7 Å². The summed E-state index contributed by atoms with van der Waals surface area (Å²) in [7, 11) is 1.69. The Labute approximate surface area is 381 Å². The molecule has 2 fully saturated rings. The summed E-state index contributed by atoms with van der Waals surface area (Å²) in [6.45, 7) is 10.5. The van der Waals surface area contributed by atoms with Gasteiger partial charge in [0.15, 0.2) is 5.06 Å². The Morgan fingerprint density at radius 3 is 1.64 bits per heavy atom. The molecule has 0 aromatic carbocycles. The molecule has 0 radical (unpaired) electrons. The molecule has 4 unspecified atom stereocenters. The van der Waals surface area contributed by atoms with Crippen LogP contribution in [0.5, 0.6) is 5.06 Å². The molecule has 6 aliphatic rings. The first kappa shape index (κ1) is 47.3. The van der Waals surface area contributed by atoms with Crippen molar-refractivity contribution in [1.29, 1.82) is 0 Å². The molecule has 4 aromatic heterocycles. The molecule has 0 bridgehead atoms. The van der Waals surface area contributed by atoms with E-state index in [-0.39, 0.29) is 24.4 Å². The van der Waals surface area contributed by atoms with Gasteiger partial charge in [-0.2, -0.15) is 0 Å². The van der Waals surface area contributed by atoms with Crippen molar-refractivity contribution in [2.45, 2.75) is 88.6 Å². The summed E-state index contributed by atoms with van der Waals surface area (Å²) >= 11 is 9.67. The Hall–Kier alpha value is -1.23. The molecular weight excluding hydrogens is 936 g/mol. The summed E-state index contributed by atoms with van der Waals surface area (Å²) in [5, 5.41) is 7.78. The second kappa shape index (κ2) is 25.2. The second-order valence-corrected chi connectivity index (χ2v) is 21.3. The molecule has 59 heavy (non-hydrogen) atoms. The summed E-state index contributed by atoms with van der Waals surface area (Å²) in [5.74, 6) is 0. The molecule has 2 saturated heterocycles. The number of hydrogen-bond acceptors (Lipinski definition) is 15. The smallest absolute Gasteiger partial charge is 0.173 e. The normalized spacial score (nSPS) is 23.1. The molecule has 16 heteroatoms. The maximum atomic E-state index is 5.77. The van der Waals surface area contributed by atoms with Crippen molar-refractivity contribution >= 4 is 72.9 Å². The Morgan fingerprint density at radius 2 is 1.12 bits per heavy atom. The largest absolute Gasteiger partial charge is 0.487 e. The van der Waals surface area contributed by atoms with Crippen LogP contribution in [0.3, 0.4) is 0 Å². The van der Waals surface area contributed by atoms with Crippen LogP contribution in [0.4, 0.5) is 5.00 Å². The van der Waals surface area contributed by atoms with Gasteiger partial charge >= 0.3 is 0 Å². The quantitative estimate of drug-likeness (QED) is 0.121. The van der Waals surface area contributed by atoms with E-state index < -0.39 is 0 Å². The van der Waals surface area contributed by atoms with Crippen LogP contribution in [0.15, 0.2) is 29.6 Å². The summed E-state index contributed by atoms with van der Waals surface area (Å²) in [5.41, 5.74) is 27.7. The van der Waals surface area contributed by atoms with Crippen LogP contribution in [0.25, 0.3) is 0 Å². The first-order chi connectivity index (χ1) is 29.0. The summed E-state index contributed by atoms with van der Waals surface area (Å²) in [6, 6.07) is 8.67. The number of methoxy groups -OCH3 is 1. The van der Waals surface area contributed by atoms with Crippen LogP contribution < -0.4 is 37.9 Å². The fraction of sp³-hybridized carbons (Fsp3) is 0.628. The van der Waals surface area contributed by atoms with Crippen molar-refractivity contribution in [2.24, 2.45) is 22.9 Å². The number of fused-ring (bicyclic) bond motifs is 4. The van der Waals surface area contributed by atoms with Gasteiger partial charge in [0.1, 0.15) is 0 Å². The summed E-state index contributed by atoms with van der Waals surface area (Å²) < 4.78 is 28.8. The second-order valence-electron chi connectivity index (χ2n) is 15.1. The topological polar surface area (TPSA) is 166 Å². The minimum absolute atomic E-state index is 0.0731. The van der Waals surface area contributed by atoms with Gasteiger partial charge in [-0.25, -0.2) is 0 Å². The zero-order chi connectivity index (χ0) is 41.4. The van der Waals surface area contributed by atoms with Gasteiger partial charge in [0, 0.05) is 84.5 Å². The number of nitrogens with one attached hydrogen (secondary N) is 1. The third-order valence-electron chi connectivity index (χ3n) is 11.2. The number of ether oxygens (including phenoxy) is 5. The van der Waals surface area contributed by atoms with Gasteiger partial charge < -0.3 is 56.8 Å². The Kier molecular flexibility index (Phi) is 20.2. The Balaban J connectivity index is 0.000000128. The van der Waals surface area contributed by atoms with Crippen LogP contribution in [0, 0.1) is 2.88 Å². The minimum atomic E-state index is 0.0731. The Bertz CT molecular complexity index is 1800. The molecule has 328 valence electrons. The number of halogens is 1. The molecular formula is C43H65IN6O5S4. The third-order valence-corrected chi connectivity index (χ3v) is 16.6. The average molecular weight is 1000 g/mol. The van der Waals surface area contributed by atoms with E-state index in [4.69, 9.17) is 46.6 Å². The van der Waals surface area contributed by atoms with Gasteiger partial charge in [0.25, 0.3) is 0 Å². The van der Waals surface area contributed by atoms with Gasteiger partial charge in [-0.3, -0.25) is 0 Å². The van der Waals surface area contributed by atoms with E-state index in [0.29, 0.717) is 26.2 Å². The third kappa shape index (κ3) is 13.4. The van der Waals surface area contributed by atoms with E-state index in [2.05, 4.69) is 56.4 Å². The minimum Gasteiger partial charge on any atom is -0.487 e. The van der Waals surface area contributed by atoms with Crippen LogP contribution in [0.1, 0.15) is 105 Å². The predicted molar refractivity (Wildman–Crippen MR) is 255 cm³/mol. The Morgan fingerprint density at radius 1 is 0.627 bits per heavy atom. The molecule has 4 atom stereocenters. The fourth-order valence-electron chi connectivity index (χ4n) is 7.99. The molecule has 0 amide bonds. The van der Waals surface area contributed by atoms with Crippen LogP contribution >= 0.6 is 67.9 Å². The highest BCUT2D eigenvalue weighted by Crippen LogP contribution is 2.39. The van der Waals surface area contributed by atoms with Crippen molar-refractivity contribution in [2.75, 3.05) is 90.8 Å². The summed E-state index contributed by atoms with van der Waals surface area (Å²) in [6.07, 6.45) is 12.9. The molecule has 6 aliphatic heterocycles. The maximum absolute atomic E-state index is 5.77. The van der Waals surface area contributed by atoms with E-state index in [1.54, 1.807) is 18.4 Å². The van der Waals surface area contributed by atoms with E-state index in [0.717, 1.165) is 57.2 Å². The van der Waals surface area contributed by atoms with Gasteiger partial charge in [-0.05, 0) is 120 Å². The number of nitrogens with zero attached hydrogens (tertiary/aromatic N) is 1. The highest BCUT2D eigenvalue weighted by molar-refractivity contribution is 14.1. The molecule has 11 nitrogen and oxygen atoms in total. The summed E-state index contributed by atoms with van der Waals surface area (Å²) in [4.78, 5) is 8.29. The van der Waals surface area contributed by atoms with Gasteiger partial charge in [0.2, 0.25) is 0 Å². The number of piperidine rings is 2. The SMILES string of the molecule is C1CCNCC1.COc1cc2c(s1)CCOC2CN.NCC1OCCc2sc(I)cc21.NCC1OCCc2sc(N3CCCCC3)cc21.NCC1OCCc2sccc21. The monoisotopic (exact) mass is 1000 g/mol. The lowest BCUT2D eigenvalue weighted by molar-refractivity contribution is 0.0497. The maximum Gasteiger partial charge on any atom is 0.173 e. The van der Waals surface area contributed by atoms with Crippen molar-refractivity contribution in [3.63, 3.8) is 0 Å². The molecule has 0 spiro atoms. The number of rotatable bonds is 6. The number of anilines is 1. The zero-order valence-corrected chi connectivity index (χ0v) is 40.0. The van der Waals surface area contributed by atoms with E-state index in [1.165, 1.54) is 114 Å². The standard InChI is InChI=1S/C13H20N2OS.C9H13NO2S.C8H10INOS.C8H11NOS.C5H11N/c14-9-11-10-8-13(15-5-2-1-3-6-15)17-12(10)4-7-16-11;1-11-9-4-6-7(5-10)12-3-2-8(6)13-9;9-8-3-5-6(4-10)11-2-1-7(5)12-8;9-5-7-6-2-4-11-8(6)1-3-10-7;1-2-4-6-5-3-1/h8,11H,1-7,9,14H2;4,7H,2-3,5,10H2,1H3;3,6H,1-2,4,10H2;2,4,7H,1,3,5,9H2;6H,1-5H2. The number of nitrogens with two attached hydrogens (primary N) is 4. The lowest BCUT2D eigenvalue weighted by atomic mass is 10.1. The molecule has 10 heterocycles. The molecule has 9 N–H and O–H groups in total. The molecule has 10 rings (SSSR count). The van der Waals surface area contributed by atoms with Crippen LogP contribution in [-0.4, -0.2) is 85.9 Å². The molecule has 4 aromatic rings.